The molecule has 5 rings (SSSR count). The molecule has 1 N–H and O–H groups in total. The number of morpholine rings is 1. The SMILES string of the molecule is O=C([C@H]1Sc2nnc(-c3ccccc3)n2N[C@H]1c1ccc(F)cc1)N1CCOCC1. The smallest absolute Gasteiger partial charge is 0.238 e. The molecule has 3 heterocycles. The molecule has 30 heavy (non-hydrogen) atoms. The van der Waals surface area contributed by atoms with Gasteiger partial charge in [-0.25, -0.2) is 9.07 Å². The maximum absolute atomic E-state index is 13.5. The van der Waals surface area contributed by atoms with Crippen molar-refractivity contribution >= 4 is 17.7 Å². The Morgan fingerprint density at radius 1 is 1.07 bits per heavy atom. The summed E-state index contributed by atoms with van der Waals surface area (Å²) in [4.78, 5) is 15.2. The van der Waals surface area contributed by atoms with Crippen LogP contribution < -0.4 is 5.43 Å². The highest BCUT2D eigenvalue weighted by Gasteiger charge is 2.40. The molecule has 3 aromatic rings. The van der Waals surface area contributed by atoms with Gasteiger partial charge in [-0.15, -0.1) is 10.2 Å². The summed E-state index contributed by atoms with van der Waals surface area (Å²) < 4.78 is 20.7. The molecule has 0 radical (unpaired) electrons. The number of carbonyl (C=O) groups excluding carboxylic acids is 1. The predicted molar refractivity (Wildman–Crippen MR) is 111 cm³/mol. The van der Waals surface area contributed by atoms with Gasteiger partial charge in [-0.2, -0.15) is 0 Å². The molecule has 0 spiro atoms. The van der Waals surface area contributed by atoms with Crippen molar-refractivity contribution in [3.63, 3.8) is 0 Å². The predicted octanol–water partition coefficient (Wildman–Crippen LogP) is 2.70. The number of hydrogen-bond acceptors (Lipinski definition) is 6. The van der Waals surface area contributed by atoms with Gasteiger partial charge in [-0.1, -0.05) is 54.2 Å². The molecule has 1 saturated heterocycles. The summed E-state index contributed by atoms with van der Waals surface area (Å²) >= 11 is 1.38. The van der Waals surface area contributed by atoms with Crippen LogP contribution in [-0.2, 0) is 9.53 Å². The highest BCUT2D eigenvalue weighted by atomic mass is 32.2. The molecule has 0 aliphatic carbocycles. The number of carbonyl (C=O) groups is 1. The van der Waals surface area contributed by atoms with E-state index in [1.807, 2.05) is 39.9 Å². The molecule has 2 aromatic carbocycles. The first-order valence-corrected chi connectivity index (χ1v) is 10.6. The normalized spacial score (nSPS) is 21.0. The zero-order chi connectivity index (χ0) is 20.5. The van der Waals surface area contributed by atoms with Crippen LogP contribution in [0, 0.1) is 5.82 Å². The minimum absolute atomic E-state index is 0.0145. The van der Waals surface area contributed by atoms with Crippen LogP contribution in [0.1, 0.15) is 11.6 Å². The Morgan fingerprint density at radius 2 is 1.80 bits per heavy atom. The third-order valence-corrected chi connectivity index (χ3v) is 6.47. The first-order valence-electron chi connectivity index (χ1n) is 9.77. The van der Waals surface area contributed by atoms with Crippen LogP contribution >= 0.6 is 11.8 Å². The van der Waals surface area contributed by atoms with Crippen molar-refractivity contribution < 1.29 is 13.9 Å². The second kappa shape index (κ2) is 8.08. The Hall–Kier alpha value is -2.91. The van der Waals surface area contributed by atoms with Gasteiger partial charge in [0.15, 0.2) is 5.82 Å². The van der Waals surface area contributed by atoms with Gasteiger partial charge in [0, 0.05) is 18.7 Å². The lowest BCUT2D eigenvalue weighted by Gasteiger charge is -2.37. The number of aromatic nitrogens is 3. The molecule has 2 atom stereocenters. The van der Waals surface area contributed by atoms with Gasteiger partial charge in [-0.05, 0) is 17.7 Å². The second-order valence-electron chi connectivity index (χ2n) is 7.14. The molecule has 2 aliphatic rings. The average Bonchev–Trinajstić information content (AvgIpc) is 3.22. The van der Waals surface area contributed by atoms with Crippen LogP contribution in [0.25, 0.3) is 11.4 Å². The van der Waals surface area contributed by atoms with Crippen LogP contribution in [0.4, 0.5) is 4.39 Å². The zero-order valence-corrected chi connectivity index (χ0v) is 16.9. The van der Waals surface area contributed by atoms with E-state index < -0.39 is 5.25 Å². The number of nitrogens with one attached hydrogen (secondary N) is 1. The number of ether oxygens (including phenoxy) is 1. The van der Waals surface area contributed by atoms with Gasteiger partial charge < -0.3 is 15.1 Å². The summed E-state index contributed by atoms with van der Waals surface area (Å²) in [6.45, 7) is 2.19. The minimum atomic E-state index is -0.450. The maximum Gasteiger partial charge on any atom is 0.238 e. The van der Waals surface area contributed by atoms with Crippen molar-refractivity contribution in [1.82, 2.24) is 19.8 Å². The number of rotatable bonds is 3. The van der Waals surface area contributed by atoms with Crippen LogP contribution in [0.5, 0.6) is 0 Å². The molecule has 9 heteroatoms. The standard InChI is InChI=1S/C21H20FN5O2S/c22-16-8-6-14(7-9-16)17-18(20(28)26-10-12-29-13-11-26)30-21-24-23-19(27(21)25-17)15-4-2-1-3-5-15/h1-9,17-18,25H,10-13H2/t17-,18-/m0/s1. The van der Waals surface area contributed by atoms with E-state index in [9.17, 15) is 9.18 Å². The zero-order valence-electron chi connectivity index (χ0n) is 16.1. The maximum atomic E-state index is 13.5. The number of hydrogen-bond donors (Lipinski definition) is 1. The van der Waals surface area contributed by atoms with Gasteiger partial charge in [0.25, 0.3) is 0 Å². The Kier molecular flexibility index (Phi) is 5.14. The minimum Gasteiger partial charge on any atom is -0.378 e. The van der Waals surface area contributed by atoms with Gasteiger partial charge in [0.05, 0.1) is 19.3 Å². The highest BCUT2D eigenvalue weighted by Crippen LogP contribution is 2.39. The molecular formula is C21H20FN5O2S. The number of thioether (sulfide) groups is 1. The third kappa shape index (κ3) is 3.54. The fourth-order valence-electron chi connectivity index (χ4n) is 3.70. The summed E-state index contributed by atoms with van der Waals surface area (Å²) in [5.41, 5.74) is 5.16. The van der Waals surface area contributed by atoms with Gasteiger partial charge in [-0.3, -0.25) is 4.79 Å². The number of benzene rings is 2. The van der Waals surface area contributed by atoms with E-state index in [4.69, 9.17) is 4.74 Å². The van der Waals surface area contributed by atoms with E-state index in [1.165, 1.54) is 23.9 Å². The first-order chi connectivity index (χ1) is 14.7. The molecule has 0 bridgehead atoms. The Morgan fingerprint density at radius 3 is 2.53 bits per heavy atom. The lowest BCUT2D eigenvalue weighted by Crippen LogP contribution is -2.49. The molecular weight excluding hydrogens is 405 g/mol. The third-order valence-electron chi connectivity index (χ3n) is 5.26. The summed E-state index contributed by atoms with van der Waals surface area (Å²) in [7, 11) is 0. The molecule has 1 amide bonds. The fraction of sp³-hybridized carbons (Fsp3) is 0.286. The van der Waals surface area contributed by atoms with E-state index in [1.54, 1.807) is 12.1 Å². The van der Waals surface area contributed by atoms with E-state index in [0.717, 1.165) is 11.1 Å². The van der Waals surface area contributed by atoms with E-state index >= 15 is 0 Å². The lowest BCUT2D eigenvalue weighted by molar-refractivity contribution is -0.135. The summed E-state index contributed by atoms with van der Waals surface area (Å²) in [5, 5.41) is 8.83. The molecule has 154 valence electrons. The Bertz CT molecular complexity index is 1040. The largest absolute Gasteiger partial charge is 0.378 e. The first kappa shape index (κ1) is 19.1. The Labute approximate surface area is 177 Å². The molecule has 0 saturated carbocycles. The summed E-state index contributed by atoms with van der Waals surface area (Å²) in [6, 6.07) is 15.6. The van der Waals surface area contributed by atoms with Crippen LogP contribution in [0.3, 0.4) is 0 Å². The number of halogens is 1. The van der Waals surface area contributed by atoms with Crippen LogP contribution in [-0.4, -0.2) is 57.2 Å². The van der Waals surface area contributed by atoms with Crippen molar-refractivity contribution in [3.05, 3.63) is 66.0 Å². The van der Waals surface area contributed by atoms with Gasteiger partial charge in [0.1, 0.15) is 11.1 Å². The van der Waals surface area contributed by atoms with Crippen molar-refractivity contribution in [2.75, 3.05) is 31.7 Å². The molecule has 0 unspecified atom stereocenters. The number of amides is 1. The van der Waals surface area contributed by atoms with Crippen molar-refractivity contribution in [2.45, 2.75) is 16.4 Å². The summed E-state index contributed by atoms with van der Waals surface area (Å²) in [5.74, 6) is 0.372. The number of nitrogens with zero attached hydrogens (tertiary/aromatic N) is 4. The van der Waals surface area contributed by atoms with Crippen molar-refractivity contribution in [1.29, 1.82) is 0 Å². The van der Waals surface area contributed by atoms with Gasteiger partial charge >= 0.3 is 0 Å². The fourth-order valence-corrected chi connectivity index (χ4v) is 4.87. The second-order valence-corrected chi connectivity index (χ2v) is 8.25. The van der Waals surface area contributed by atoms with Crippen LogP contribution in [0.15, 0.2) is 59.8 Å². The monoisotopic (exact) mass is 425 g/mol. The number of fused-ring (bicyclic) bond motifs is 1. The average molecular weight is 425 g/mol. The lowest BCUT2D eigenvalue weighted by atomic mass is 10.0. The summed E-state index contributed by atoms with van der Waals surface area (Å²) in [6.07, 6.45) is 0. The molecule has 7 nitrogen and oxygen atoms in total. The van der Waals surface area contributed by atoms with Gasteiger partial charge in [0.2, 0.25) is 11.1 Å². The molecule has 2 aliphatic heterocycles. The van der Waals surface area contributed by atoms with E-state index in [0.29, 0.717) is 37.3 Å². The van der Waals surface area contributed by atoms with E-state index in [-0.39, 0.29) is 17.8 Å². The van der Waals surface area contributed by atoms with Crippen LogP contribution in [0.2, 0.25) is 0 Å². The highest BCUT2D eigenvalue weighted by molar-refractivity contribution is 8.00. The quantitative estimate of drug-likeness (QED) is 0.696. The van der Waals surface area contributed by atoms with E-state index in [2.05, 4.69) is 15.6 Å². The Balaban J connectivity index is 1.53. The topological polar surface area (TPSA) is 72.3 Å². The van der Waals surface area contributed by atoms with Crippen molar-refractivity contribution in [3.8, 4) is 11.4 Å². The molecule has 1 fully saturated rings. The van der Waals surface area contributed by atoms with Crippen molar-refractivity contribution in [2.24, 2.45) is 0 Å². The molecule has 1 aromatic heterocycles.